The third-order valence-corrected chi connectivity index (χ3v) is 3.55. The lowest BCUT2D eigenvalue weighted by Crippen LogP contribution is -2.22. The Kier molecular flexibility index (Phi) is 4.81. The molecular weight excluding hydrogens is 302 g/mol. The zero-order chi connectivity index (χ0) is 16.8. The maximum absolute atomic E-state index is 11.9. The van der Waals surface area contributed by atoms with Crippen LogP contribution in [-0.2, 0) is 9.53 Å². The van der Waals surface area contributed by atoms with Gasteiger partial charge in [-0.15, -0.1) is 0 Å². The molecule has 5 nitrogen and oxygen atoms in total. The monoisotopic (exact) mass is 321 g/mol. The standard InChI is InChI=1S/C19H17N3O2.H2/c20-13-15-10-8-14(9-11-15)5-4-12-21-19-22-18(23)17(24-19)16-6-2-1-3-7-16;/h1-11,13,17,20H,12H2,(H,21,22,23);1H/b5-4+,20-13?;. The lowest BCUT2D eigenvalue weighted by Gasteiger charge is -2.06. The third-order valence-electron chi connectivity index (χ3n) is 3.55. The molecule has 0 saturated carbocycles. The molecule has 122 valence electrons. The second kappa shape index (κ2) is 7.37. The molecule has 0 aromatic heterocycles. The fourth-order valence-corrected chi connectivity index (χ4v) is 2.32. The smallest absolute Gasteiger partial charge is 0.292 e. The summed E-state index contributed by atoms with van der Waals surface area (Å²) in [7, 11) is 0. The normalized spacial score (nSPS) is 18.6. The third kappa shape index (κ3) is 3.76. The quantitative estimate of drug-likeness (QED) is 0.830. The van der Waals surface area contributed by atoms with Crippen molar-refractivity contribution < 1.29 is 11.0 Å². The number of amidine groups is 1. The fraction of sp³-hybridized carbons (Fsp3) is 0.105. The Bertz CT molecular complexity index is 786. The topological polar surface area (TPSA) is 74.5 Å². The molecule has 1 fully saturated rings. The minimum Gasteiger partial charge on any atom is -0.447 e. The highest BCUT2D eigenvalue weighted by molar-refractivity contribution is 6.02. The Balaban J connectivity index is 0.00000225. The Morgan fingerprint density at radius 2 is 1.83 bits per heavy atom. The first kappa shape index (κ1) is 15.7. The molecule has 0 aliphatic carbocycles. The minimum absolute atomic E-state index is 0. The van der Waals surface area contributed by atoms with Crippen LogP contribution in [0.3, 0.4) is 0 Å². The van der Waals surface area contributed by atoms with E-state index in [1.54, 1.807) is 0 Å². The van der Waals surface area contributed by atoms with Gasteiger partial charge in [0.2, 0.25) is 6.10 Å². The van der Waals surface area contributed by atoms with Crippen molar-refractivity contribution in [1.29, 1.82) is 5.41 Å². The molecule has 1 aliphatic heterocycles. The van der Waals surface area contributed by atoms with Crippen LogP contribution in [0.2, 0.25) is 0 Å². The maximum Gasteiger partial charge on any atom is 0.292 e. The highest BCUT2D eigenvalue weighted by Gasteiger charge is 2.31. The van der Waals surface area contributed by atoms with Gasteiger partial charge in [0.1, 0.15) is 0 Å². The highest BCUT2D eigenvalue weighted by Crippen LogP contribution is 2.21. The van der Waals surface area contributed by atoms with Gasteiger partial charge < -0.3 is 10.1 Å². The molecule has 0 bridgehead atoms. The van der Waals surface area contributed by atoms with E-state index in [0.717, 1.165) is 16.7 Å². The molecule has 1 atom stereocenters. The average Bonchev–Trinajstić information content (AvgIpc) is 3.01. The van der Waals surface area contributed by atoms with Gasteiger partial charge in [-0.1, -0.05) is 66.7 Å². The molecule has 3 rings (SSSR count). The number of carbonyl (C=O) groups excluding carboxylic acids is 1. The van der Waals surface area contributed by atoms with Crippen molar-refractivity contribution in [3.8, 4) is 0 Å². The molecule has 1 heterocycles. The maximum atomic E-state index is 11.9. The Morgan fingerprint density at radius 1 is 1.12 bits per heavy atom. The van der Waals surface area contributed by atoms with Crippen LogP contribution in [0.15, 0.2) is 65.7 Å². The first-order chi connectivity index (χ1) is 11.8. The van der Waals surface area contributed by atoms with E-state index in [9.17, 15) is 4.79 Å². The molecule has 2 N–H and O–H groups in total. The number of nitrogens with one attached hydrogen (secondary N) is 2. The largest absolute Gasteiger partial charge is 0.447 e. The molecule has 2 aromatic carbocycles. The van der Waals surface area contributed by atoms with E-state index in [1.165, 1.54) is 6.21 Å². The van der Waals surface area contributed by atoms with Crippen LogP contribution in [0.1, 0.15) is 24.2 Å². The van der Waals surface area contributed by atoms with E-state index < -0.39 is 6.10 Å². The molecule has 1 saturated heterocycles. The number of amides is 1. The molecular formula is C19H19N3O2. The van der Waals surface area contributed by atoms with Crippen molar-refractivity contribution in [3.63, 3.8) is 0 Å². The number of hydrogen-bond acceptors (Lipinski definition) is 4. The summed E-state index contributed by atoms with van der Waals surface area (Å²) in [4.78, 5) is 16.2. The van der Waals surface area contributed by atoms with Gasteiger partial charge in [0.05, 0.1) is 6.54 Å². The minimum atomic E-state index is -0.636. The first-order valence-corrected chi connectivity index (χ1v) is 7.60. The van der Waals surface area contributed by atoms with Crippen molar-refractivity contribution in [1.82, 2.24) is 5.32 Å². The number of nitrogens with zero attached hydrogens (tertiary/aromatic N) is 1. The number of rotatable bonds is 5. The van der Waals surface area contributed by atoms with Crippen LogP contribution in [0.25, 0.3) is 6.08 Å². The summed E-state index contributed by atoms with van der Waals surface area (Å²) in [6.45, 7) is 0.406. The Hall–Kier alpha value is -3.21. The zero-order valence-electron chi connectivity index (χ0n) is 13.0. The fourth-order valence-electron chi connectivity index (χ4n) is 2.32. The summed E-state index contributed by atoms with van der Waals surface area (Å²) < 4.78 is 5.57. The van der Waals surface area contributed by atoms with Crippen LogP contribution >= 0.6 is 0 Å². The van der Waals surface area contributed by atoms with Gasteiger partial charge in [-0.05, 0) is 11.1 Å². The van der Waals surface area contributed by atoms with Crippen molar-refractivity contribution in [3.05, 3.63) is 77.4 Å². The molecule has 1 unspecified atom stereocenters. The Morgan fingerprint density at radius 3 is 2.54 bits per heavy atom. The van der Waals surface area contributed by atoms with E-state index in [-0.39, 0.29) is 13.4 Å². The van der Waals surface area contributed by atoms with E-state index in [1.807, 2.05) is 66.7 Å². The first-order valence-electron chi connectivity index (χ1n) is 7.60. The van der Waals surface area contributed by atoms with Gasteiger partial charge in [0, 0.05) is 13.2 Å². The van der Waals surface area contributed by atoms with E-state index in [0.29, 0.717) is 6.54 Å². The van der Waals surface area contributed by atoms with Crippen molar-refractivity contribution >= 4 is 24.2 Å². The summed E-state index contributed by atoms with van der Waals surface area (Å²) in [6.07, 6.45) is 4.49. The second-order valence-corrected chi connectivity index (χ2v) is 5.26. The number of ether oxygens (including phenoxy) is 1. The average molecular weight is 321 g/mol. The molecule has 5 heteroatoms. The summed E-state index contributed by atoms with van der Waals surface area (Å²) >= 11 is 0. The van der Waals surface area contributed by atoms with Gasteiger partial charge in [0.25, 0.3) is 11.9 Å². The van der Waals surface area contributed by atoms with Crippen molar-refractivity contribution in [2.24, 2.45) is 4.99 Å². The van der Waals surface area contributed by atoms with E-state index in [2.05, 4.69) is 10.3 Å². The molecule has 2 aromatic rings. The number of carbonyl (C=O) groups is 1. The van der Waals surface area contributed by atoms with Crippen molar-refractivity contribution in [2.75, 3.05) is 6.54 Å². The molecule has 0 spiro atoms. The van der Waals surface area contributed by atoms with Gasteiger partial charge in [-0.2, -0.15) is 0 Å². The molecule has 0 radical (unpaired) electrons. The second-order valence-electron chi connectivity index (χ2n) is 5.26. The van der Waals surface area contributed by atoms with Crippen molar-refractivity contribution in [2.45, 2.75) is 6.10 Å². The highest BCUT2D eigenvalue weighted by atomic mass is 16.5. The number of benzene rings is 2. The summed E-state index contributed by atoms with van der Waals surface area (Å²) in [6, 6.07) is 17.2. The van der Waals surface area contributed by atoms with Crippen LogP contribution in [0, 0.1) is 5.41 Å². The predicted octanol–water partition coefficient (Wildman–Crippen LogP) is 3.19. The van der Waals surface area contributed by atoms with Gasteiger partial charge >= 0.3 is 0 Å². The summed E-state index contributed by atoms with van der Waals surface area (Å²) in [5.41, 5.74) is 2.70. The van der Waals surface area contributed by atoms with Crippen LogP contribution in [0.4, 0.5) is 0 Å². The predicted molar refractivity (Wildman–Crippen MR) is 96.2 cm³/mol. The number of aliphatic imine (C=N–C) groups is 1. The lowest BCUT2D eigenvalue weighted by atomic mass is 10.1. The molecule has 1 aliphatic rings. The van der Waals surface area contributed by atoms with Gasteiger partial charge in [-0.3, -0.25) is 10.1 Å². The van der Waals surface area contributed by atoms with Gasteiger partial charge in [0.15, 0.2) is 0 Å². The zero-order valence-corrected chi connectivity index (χ0v) is 13.0. The SMILES string of the molecule is N=Cc1ccc(/C=C/CN=C2NC(=O)C(c3ccccc3)O2)cc1.[HH]. The van der Waals surface area contributed by atoms with Gasteiger partial charge in [-0.25, -0.2) is 4.99 Å². The van der Waals surface area contributed by atoms with E-state index >= 15 is 0 Å². The summed E-state index contributed by atoms with van der Waals surface area (Å²) in [5, 5.41) is 9.81. The molecule has 24 heavy (non-hydrogen) atoms. The molecule has 1 amide bonds. The summed E-state index contributed by atoms with van der Waals surface area (Å²) in [5.74, 6) is -0.203. The number of hydrogen-bond donors (Lipinski definition) is 2. The van der Waals surface area contributed by atoms with Crippen LogP contribution in [0.5, 0.6) is 0 Å². The van der Waals surface area contributed by atoms with E-state index in [4.69, 9.17) is 10.1 Å². The Labute approximate surface area is 141 Å². The lowest BCUT2D eigenvalue weighted by molar-refractivity contribution is -0.123. The van der Waals surface area contributed by atoms with Crippen LogP contribution < -0.4 is 5.32 Å². The van der Waals surface area contributed by atoms with Crippen LogP contribution in [-0.4, -0.2) is 24.7 Å².